The van der Waals surface area contributed by atoms with Crippen LogP contribution in [0.3, 0.4) is 0 Å². The number of hydrogen-bond acceptors (Lipinski definition) is 4. The molecule has 5 heteroatoms. The summed E-state index contributed by atoms with van der Waals surface area (Å²) in [5.74, 6) is -0.699. The van der Waals surface area contributed by atoms with Gasteiger partial charge in [-0.3, -0.25) is 9.69 Å². The molecule has 0 aromatic carbocycles. The average molecular weight is 270 g/mol. The summed E-state index contributed by atoms with van der Waals surface area (Å²) in [5.41, 5.74) is -0.731. The Bertz CT molecular complexity index is 314. The molecule has 1 aliphatic carbocycles. The Kier molecular flexibility index (Phi) is 4.81. The highest BCUT2D eigenvalue weighted by molar-refractivity contribution is 5.79. The number of rotatable bonds is 5. The summed E-state index contributed by atoms with van der Waals surface area (Å²) in [6.45, 7) is 4.30. The first-order valence-electron chi connectivity index (χ1n) is 7.37. The van der Waals surface area contributed by atoms with E-state index in [1.54, 1.807) is 0 Å². The summed E-state index contributed by atoms with van der Waals surface area (Å²) in [4.78, 5) is 14.0. The first-order valence-corrected chi connectivity index (χ1v) is 7.37. The molecule has 2 aliphatic rings. The van der Waals surface area contributed by atoms with E-state index in [1.807, 2.05) is 6.92 Å². The lowest BCUT2D eigenvalue weighted by Gasteiger charge is -2.43. The lowest BCUT2D eigenvalue weighted by atomic mass is 9.78. The molecule has 2 fully saturated rings. The Morgan fingerprint density at radius 1 is 1.47 bits per heavy atom. The van der Waals surface area contributed by atoms with Crippen molar-refractivity contribution in [3.8, 4) is 0 Å². The van der Waals surface area contributed by atoms with Crippen LogP contribution in [0.15, 0.2) is 0 Å². The highest BCUT2D eigenvalue weighted by atomic mass is 16.5. The van der Waals surface area contributed by atoms with Crippen LogP contribution in [0.1, 0.15) is 39.0 Å². The lowest BCUT2D eigenvalue weighted by molar-refractivity contribution is -0.147. The van der Waals surface area contributed by atoms with Crippen molar-refractivity contribution >= 4 is 5.97 Å². The first-order chi connectivity index (χ1) is 9.09. The number of nitrogens with one attached hydrogen (secondary N) is 1. The summed E-state index contributed by atoms with van der Waals surface area (Å²) in [5, 5.41) is 12.8. The van der Waals surface area contributed by atoms with Gasteiger partial charge in [-0.15, -0.1) is 0 Å². The number of aliphatic carboxylic acids is 1. The van der Waals surface area contributed by atoms with E-state index in [1.165, 1.54) is 0 Å². The zero-order valence-electron chi connectivity index (χ0n) is 12.0. The van der Waals surface area contributed by atoms with Crippen molar-refractivity contribution < 1.29 is 14.6 Å². The number of carbonyl (C=O) groups is 1. The zero-order chi connectivity index (χ0) is 13.9. The molecular formula is C14H26N2O3. The van der Waals surface area contributed by atoms with Gasteiger partial charge in [0.25, 0.3) is 0 Å². The third-order valence-corrected chi connectivity index (χ3v) is 4.71. The van der Waals surface area contributed by atoms with E-state index in [2.05, 4.69) is 17.3 Å². The predicted octanol–water partition coefficient (Wildman–Crippen LogP) is 1.08. The van der Waals surface area contributed by atoms with Gasteiger partial charge >= 0.3 is 5.97 Å². The van der Waals surface area contributed by atoms with Crippen LogP contribution >= 0.6 is 0 Å². The molecule has 1 heterocycles. The molecule has 0 bridgehead atoms. The van der Waals surface area contributed by atoms with Crippen LogP contribution in [0, 0.1) is 0 Å². The fourth-order valence-corrected chi connectivity index (χ4v) is 3.50. The predicted molar refractivity (Wildman–Crippen MR) is 73.3 cm³/mol. The minimum Gasteiger partial charge on any atom is -0.480 e. The largest absolute Gasteiger partial charge is 0.480 e. The van der Waals surface area contributed by atoms with Crippen molar-refractivity contribution in [3.63, 3.8) is 0 Å². The fraction of sp³-hybridized carbons (Fsp3) is 0.929. The van der Waals surface area contributed by atoms with Crippen LogP contribution in [0.2, 0.25) is 0 Å². The molecule has 2 rings (SSSR count). The molecule has 0 aromatic heterocycles. The number of hydrogen-bond donors (Lipinski definition) is 2. The Morgan fingerprint density at radius 2 is 2.26 bits per heavy atom. The van der Waals surface area contributed by atoms with Gasteiger partial charge in [0.1, 0.15) is 5.54 Å². The summed E-state index contributed by atoms with van der Waals surface area (Å²) < 4.78 is 5.44. The van der Waals surface area contributed by atoms with E-state index in [0.717, 1.165) is 38.9 Å². The van der Waals surface area contributed by atoms with E-state index in [-0.39, 0.29) is 0 Å². The van der Waals surface area contributed by atoms with Crippen molar-refractivity contribution in [1.29, 1.82) is 0 Å². The molecule has 0 amide bonds. The molecule has 3 unspecified atom stereocenters. The molecule has 0 radical (unpaired) electrons. The molecular weight excluding hydrogens is 244 g/mol. The lowest BCUT2D eigenvalue weighted by Crippen LogP contribution is -2.58. The third kappa shape index (κ3) is 3.09. The highest BCUT2D eigenvalue weighted by Gasteiger charge is 2.44. The van der Waals surface area contributed by atoms with Crippen LogP contribution < -0.4 is 5.32 Å². The molecule has 1 saturated carbocycles. The van der Waals surface area contributed by atoms with E-state index >= 15 is 0 Å². The zero-order valence-corrected chi connectivity index (χ0v) is 12.0. The van der Waals surface area contributed by atoms with Gasteiger partial charge in [0, 0.05) is 18.7 Å². The van der Waals surface area contributed by atoms with Crippen LogP contribution in [-0.4, -0.2) is 60.4 Å². The molecule has 1 aliphatic heterocycles. The Morgan fingerprint density at radius 3 is 2.84 bits per heavy atom. The number of carboxylic acid groups (broad SMARTS) is 1. The normalized spacial score (nSPS) is 35.7. The summed E-state index contributed by atoms with van der Waals surface area (Å²) in [6, 6.07) is 0.798. The molecule has 0 spiro atoms. The number of nitrogens with zero attached hydrogens (tertiary/aromatic N) is 1. The quantitative estimate of drug-likeness (QED) is 0.783. The van der Waals surface area contributed by atoms with Gasteiger partial charge in [-0.2, -0.15) is 0 Å². The van der Waals surface area contributed by atoms with E-state index in [9.17, 15) is 9.90 Å². The first kappa shape index (κ1) is 14.8. The molecule has 0 aromatic rings. The topological polar surface area (TPSA) is 61.8 Å². The maximum atomic E-state index is 11.6. The second-order valence-electron chi connectivity index (χ2n) is 5.85. The van der Waals surface area contributed by atoms with Gasteiger partial charge < -0.3 is 15.2 Å². The third-order valence-electron chi connectivity index (χ3n) is 4.71. The monoisotopic (exact) mass is 270 g/mol. The van der Waals surface area contributed by atoms with E-state index in [0.29, 0.717) is 25.0 Å². The number of ether oxygens (including phenoxy) is 1. The minimum atomic E-state index is -0.731. The van der Waals surface area contributed by atoms with Crippen LogP contribution in [0.25, 0.3) is 0 Å². The van der Waals surface area contributed by atoms with Gasteiger partial charge in [-0.05, 0) is 45.7 Å². The molecule has 19 heavy (non-hydrogen) atoms. The summed E-state index contributed by atoms with van der Waals surface area (Å²) >= 11 is 0. The van der Waals surface area contributed by atoms with Gasteiger partial charge in [-0.1, -0.05) is 6.92 Å². The maximum Gasteiger partial charge on any atom is 0.323 e. The van der Waals surface area contributed by atoms with Crippen molar-refractivity contribution in [2.75, 3.05) is 26.8 Å². The standard InChI is InChI=1S/C14H26N2O3/c1-3-15-14(13(17)18)7-4-5-11(9-14)16(2)12-6-8-19-10-12/h11-12,15H,3-10H2,1-2H3,(H,17,18). The van der Waals surface area contributed by atoms with Crippen LogP contribution in [0.4, 0.5) is 0 Å². The molecule has 110 valence electrons. The Hall–Kier alpha value is -0.650. The fourth-order valence-electron chi connectivity index (χ4n) is 3.50. The molecule has 3 atom stereocenters. The average Bonchev–Trinajstić information content (AvgIpc) is 2.92. The van der Waals surface area contributed by atoms with Crippen molar-refractivity contribution in [2.24, 2.45) is 0 Å². The Balaban J connectivity index is 2.04. The molecule has 5 nitrogen and oxygen atoms in total. The second-order valence-corrected chi connectivity index (χ2v) is 5.85. The van der Waals surface area contributed by atoms with Gasteiger partial charge in [0.05, 0.1) is 6.61 Å². The summed E-state index contributed by atoms with van der Waals surface area (Å²) in [7, 11) is 2.12. The smallest absolute Gasteiger partial charge is 0.323 e. The van der Waals surface area contributed by atoms with E-state index in [4.69, 9.17) is 4.74 Å². The maximum absolute atomic E-state index is 11.6. The van der Waals surface area contributed by atoms with Crippen LogP contribution in [-0.2, 0) is 9.53 Å². The van der Waals surface area contributed by atoms with Crippen molar-refractivity contribution in [2.45, 2.75) is 56.7 Å². The van der Waals surface area contributed by atoms with Gasteiger partial charge in [0.2, 0.25) is 0 Å². The number of likely N-dealkylation sites (N-methyl/N-ethyl adjacent to an activating group) is 2. The van der Waals surface area contributed by atoms with Crippen LogP contribution in [0.5, 0.6) is 0 Å². The van der Waals surface area contributed by atoms with Gasteiger partial charge in [0.15, 0.2) is 0 Å². The van der Waals surface area contributed by atoms with Crippen molar-refractivity contribution in [3.05, 3.63) is 0 Å². The second kappa shape index (κ2) is 6.20. The Labute approximate surface area is 115 Å². The SMILES string of the molecule is CCNC1(C(=O)O)CCCC(N(C)C2CCOC2)C1. The number of carboxylic acids is 1. The minimum absolute atomic E-state index is 0.343. The van der Waals surface area contributed by atoms with Crippen molar-refractivity contribution in [1.82, 2.24) is 10.2 Å². The summed E-state index contributed by atoms with van der Waals surface area (Å²) in [6.07, 6.45) is 4.56. The van der Waals surface area contributed by atoms with E-state index < -0.39 is 11.5 Å². The molecule has 1 saturated heterocycles. The highest BCUT2D eigenvalue weighted by Crippen LogP contribution is 2.32. The molecule has 2 N–H and O–H groups in total. The van der Waals surface area contributed by atoms with Gasteiger partial charge in [-0.25, -0.2) is 0 Å².